The summed E-state index contributed by atoms with van der Waals surface area (Å²) < 4.78 is 0. The van der Waals surface area contributed by atoms with Crippen LogP contribution in [0.3, 0.4) is 0 Å². The SMILES string of the molecule is CC1CCN(CC(=O)NCc2ccc3c(c2)Nc2nccnc2S3)CC1. The van der Waals surface area contributed by atoms with Crippen molar-refractivity contribution < 1.29 is 4.79 Å². The van der Waals surface area contributed by atoms with Crippen molar-refractivity contribution in [1.29, 1.82) is 0 Å². The molecule has 7 heteroatoms. The van der Waals surface area contributed by atoms with Gasteiger partial charge in [-0.1, -0.05) is 24.8 Å². The lowest BCUT2D eigenvalue weighted by atomic mass is 9.99. The molecule has 0 aliphatic carbocycles. The van der Waals surface area contributed by atoms with Gasteiger partial charge in [0, 0.05) is 23.8 Å². The Labute approximate surface area is 157 Å². The molecule has 136 valence electrons. The minimum atomic E-state index is 0.0934. The highest BCUT2D eigenvalue weighted by Crippen LogP contribution is 2.41. The van der Waals surface area contributed by atoms with Crippen molar-refractivity contribution in [3.05, 3.63) is 36.2 Å². The molecule has 3 heterocycles. The van der Waals surface area contributed by atoms with E-state index in [2.05, 4.69) is 50.6 Å². The first kappa shape index (κ1) is 17.3. The van der Waals surface area contributed by atoms with Crippen LogP contribution in [-0.2, 0) is 11.3 Å². The fourth-order valence-electron chi connectivity index (χ4n) is 3.27. The third-order valence-electron chi connectivity index (χ3n) is 4.90. The molecule has 0 radical (unpaired) electrons. The summed E-state index contributed by atoms with van der Waals surface area (Å²) in [4.78, 5) is 24.3. The Kier molecular flexibility index (Phi) is 5.08. The molecule has 1 saturated heterocycles. The van der Waals surface area contributed by atoms with Gasteiger partial charge in [0.2, 0.25) is 5.91 Å². The van der Waals surface area contributed by atoms with Gasteiger partial charge in [-0.2, -0.15) is 0 Å². The third kappa shape index (κ3) is 3.99. The number of rotatable bonds is 4. The van der Waals surface area contributed by atoms with Crippen LogP contribution in [0.1, 0.15) is 25.3 Å². The molecular weight excluding hydrogens is 346 g/mol. The van der Waals surface area contributed by atoms with E-state index in [0.29, 0.717) is 13.1 Å². The van der Waals surface area contributed by atoms with Gasteiger partial charge in [0.25, 0.3) is 0 Å². The summed E-state index contributed by atoms with van der Waals surface area (Å²) in [6.45, 7) is 5.36. The number of amides is 1. The largest absolute Gasteiger partial charge is 0.351 e. The number of carbonyl (C=O) groups is 1. The van der Waals surface area contributed by atoms with Crippen LogP contribution in [0.2, 0.25) is 0 Å². The number of hydrogen-bond acceptors (Lipinski definition) is 6. The molecule has 1 aromatic heterocycles. The van der Waals surface area contributed by atoms with Crippen molar-refractivity contribution in [2.75, 3.05) is 25.0 Å². The number of benzene rings is 1. The Bertz CT molecular complexity index is 804. The van der Waals surface area contributed by atoms with Gasteiger partial charge < -0.3 is 10.6 Å². The second kappa shape index (κ2) is 7.63. The van der Waals surface area contributed by atoms with E-state index < -0.39 is 0 Å². The minimum Gasteiger partial charge on any atom is -0.351 e. The quantitative estimate of drug-likeness (QED) is 0.737. The van der Waals surface area contributed by atoms with E-state index in [9.17, 15) is 4.79 Å². The molecule has 1 fully saturated rings. The Morgan fingerprint density at radius 2 is 2.12 bits per heavy atom. The van der Waals surface area contributed by atoms with Crippen molar-refractivity contribution in [3.63, 3.8) is 0 Å². The van der Waals surface area contributed by atoms with Crippen molar-refractivity contribution >= 4 is 29.2 Å². The summed E-state index contributed by atoms with van der Waals surface area (Å²) in [7, 11) is 0. The number of nitrogens with one attached hydrogen (secondary N) is 2. The highest BCUT2D eigenvalue weighted by atomic mass is 32.2. The highest BCUT2D eigenvalue weighted by Gasteiger charge is 2.19. The second-order valence-corrected chi connectivity index (χ2v) is 8.03. The first-order valence-electron chi connectivity index (χ1n) is 9.05. The molecule has 6 nitrogen and oxygen atoms in total. The normalized spacial score (nSPS) is 17.1. The van der Waals surface area contributed by atoms with Crippen LogP contribution in [0, 0.1) is 5.92 Å². The van der Waals surface area contributed by atoms with Gasteiger partial charge in [-0.05, 0) is 49.5 Å². The number of hydrogen-bond donors (Lipinski definition) is 2. The van der Waals surface area contributed by atoms with Crippen molar-refractivity contribution in [1.82, 2.24) is 20.2 Å². The van der Waals surface area contributed by atoms with Gasteiger partial charge in [-0.15, -0.1) is 0 Å². The average Bonchev–Trinajstić information content (AvgIpc) is 2.66. The predicted molar refractivity (Wildman–Crippen MR) is 103 cm³/mol. The molecule has 2 aliphatic rings. The summed E-state index contributed by atoms with van der Waals surface area (Å²) in [5.41, 5.74) is 2.09. The van der Waals surface area contributed by atoms with Crippen LogP contribution in [-0.4, -0.2) is 40.4 Å². The first-order valence-corrected chi connectivity index (χ1v) is 9.87. The molecule has 1 amide bonds. The molecule has 0 bridgehead atoms. The Balaban J connectivity index is 1.33. The van der Waals surface area contributed by atoms with E-state index >= 15 is 0 Å². The maximum atomic E-state index is 12.2. The van der Waals surface area contributed by atoms with Crippen molar-refractivity contribution in [2.45, 2.75) is 36.2 Å². The zero-order valence-corrected chi connectivity index (χ0v) is 15.7. The van der Waals surface area contributed by atoms with Gasteiger partial charge in [0.05, 0.1) is 12.2 Å². The standard InChI is InChI=1S/C19H23N5OS/c1-13-4-8-24(9-5-13)12-17(25)22-11-14-2-3-16-15(10-14)23-18-19(26-16)21-7-6-20-18/h2-3,6-7,10,13H,4-5,8-9,11-12H2,1H3,(H,20,23)(H,22,25). The van der Waals surface area contributed by atoms with Gasteiger partial charge in [0.1, 0.15) is 5.03 Å². The maximum absolute atomic E-state index is 12.2. The molecule has 26 heavy (non-hydrogen) atoms. The molecule has 2 aliphatic heterocycles. The zero-order valence-electron chi connectivity index (χ0n) is 14.9. The summed E-state index contributed by atoms with van der Waals surface area (Å²) in [5.74, 6) is 1.66. The van der Waals surface area contributed by atoms with Crippen LogP contribution >= 0.6 is 11.8 Å². The number of anilines is 2. The molecular formula is C19H23N5OS. The predicted octanol–water partition coefficient (Wildman–Crippen LogP) is 3.03. The molecule has 4 rings (SSSR count). The van der Waals surface area contributed by atoms with Gasteiger partial charge >= 0.3 is 0 Å². The Hall–Kier alpha value is -2.12. The fraction of sp³-hybridized carbons (Fsp3) is 0.421. The van der Waals surface area contributed by atoms with Crippen LogP contribution in [0.5, 0.6) is 0 Å². The van der Waals surface area contributed by atoms with E-state index in [1.165, 1.54) is 12.8 Å². The van der Waals surface area contributed by atoms with Crippen LogP contribution in [0.25, 0.3) is 0 Å². The van der Waals surface area contributed by atoms with E-state index in [4.69, 9.17) is 0 Å². The lowest BCUT2D eigenvalue weighted by Gasteiger charge is -2.29. The van der Waals surface area contributed by atoms with Crippen LogP contribution in [0.4, 0.5) is 11.5 Å². The topological polar surface area (TPSA) is 70.2 Å². The molecule has 2 N–H and O–H groups in total. The number of nitrogens with zero attached hydrogens (tertiary/aromatic N) is 3. The fourth-order valence-corrected chi connectivity index (χ4v) is 4.15. The summed E-state index contributed by atoms with van der Waals surface area (Å²) in [6.07, 6.45) is 5.76. The zero-order chi connectivity index (χ0) is 17.9. The third-order valence-corrected chi connectivity index (χ3v) is 5.97. The van der Waals surface area contributed by atoms with E-state index in [1.54, 1.807) is 24.2 Å². The molecule has 0 atom stereocenters. The van der Waals surface area contributed by atoms with Gasteiger partial charge in [0.15, 0.2) is 5.82 Å². The van der Waals surface area contributed by atoms with E-state index in [0.717, 1.165) is 46.0 Å². The van der Waals surface area contributed by atoms with Crippen molar-refractivity contribution in [3.8, 4) is 0 Å². The molecule has 2 aromatic rings. The van der Waals surface area contributed by atoms with E-state index in [-0.39, 0.29) is 5.91 Å². The average molecular weight is 369 g/mol. The van der Waals surface area contributed by atoms with Crippen LogP contribution < -0.4 is 10.6 Å². The van der Waals surface area contributed by atoms with Crippen LogP contribution in [0.15, 0.2) is 40.5 Å². The molecule has 0 unspecified atom stereocenters. The number of likely N-dealkylation sites (tertiary alicyclic amines) is 1. The van der Waals surface area contributed by atoms with Gasteiger partial charge in [-0.3, -0.25) is 9.69 Å². The Morgan fingerprint density at radius 3 is 2.96 bits per heavy atom. The first-order chi connectivity index (χ1) is 12.7. The molecule has 1 aromatic carbocycles. The summed E-state index contributed by atoms with van der Waals surface area (Å²) >= 11 is 1.61. The number of fused-ring (bicyclic) bond motifs is 2. The van der Waals surface area contributed by atoms with Gasteiger partial charge in [-0.25, -0.2) is 9.97 Å². The number of carbonyl (C=O) groups excluding carboxylic acids is 1. The Morgan fingerprint density at radius 1 is 1.31 bits per heavy atom. The minimum absolute atomic E-state index is 0.0934. The maximum Gasteiger partial charge on any atom is 0.234 e. The highest BCUT2D eigenvalue weighted by molar-refractivity contribution is 7.99. The lowest BCUT2D eigenvalue weighted by Crippen LogP contribution is -2.41. The van der Waals surface area contributed by atoms with Crippen molar-refractivity contribution in [2.24, 2.45) is 5.92 Å². The summed E-state index contributed by atoms with van der Waals surface area (Å²) in [5, 5.41) is 7.25. The number of piperidine rings is 1. The number of aromatic nitrogens is 2. The monoisotopic (exact) mass is 369 g/mol. The molecule has 0 saturated carbocycles. The lowest BCUT2D eigenvalue weighted by molar-refractivity contribution is -0.122. The second-order valence-electron chi connectivity index (χ2n) is 7.00. The summed E-state index contributed by atoms with van der Waals surface area (Å²) in [6, 6.07) is 6.19. The smallest absolute Gasteiger partial charge is 0.234 e. The van der Waals surface area contributed by atoms with E-state index in [1.807, 2.05) is 0 Å². The molecule has 0 spiro atoms.